The van der Waals surface area contributed by atoms with Gasteiger partial charge >= 0.3 is 0 Å². The minimum atomic E-state index is 0.400. The summed E-state index contributed by atoms with van der Waals surface area (Å²) in [7, 11) is 0. The van der Waals surface area contributed by atoms with E-state index < -0.39 is 0 Å². The summed E-state index contributed by atoms with van der Waals surface area (Å²) in [5.41, 5.74) is 2.08. The van der Waals surface area contributed by atoms with Crippen LogP contribution in [-0.4, -0.2) is 10.2 Å². The monoisotopic (exact) mass is 286 g/mol. The summed E-state index contributed by atoms with van der Waals surface area (Å²) in [6, 6.07) is 15.0. The van der Waals surface area contributed by atoms with Crippen LogP contribution < -0.4 is 0 Å². The first-order chi connectivity index (χ1) is 10.1. The highest BCUT2D eigenvalue weighted by Crippen LogP contribution is 2.23. The van der Waals surface area contributed by atoms with Crippen LogP contribution in [0.25, 0.3) is 0 Å². The minimum Gasteiger partial charge on any atom is -0.508 e. The van der Waals surface area contributed by atoms with Gasteiger partial charge in [-0.2, -0.15) is 0 Å². The Labute approximate surface area is 128 Å². The molecule has 0 fully saturated rings. The SMILES string of the molecule is CC(C)c1ccccc1O.CCCCc1ccccc1O. The van der Waals surface area contributed by atoms with E-state index in [-0.39, 0.29) is 0 Å². The number of para-hydroxylation sites is 2. The van der Waals surface area contributed by atoms with Gasteiger partial charge in [0.05, 0.1) is 0 Å². The molecule has 0 heterocycles. The zero-order valence-corrected chi connectivity index (χ0v) is 13.2. The second-order valence-corrected chi connectivity index (χ2v) is 5.45. The predicted molar refractivity (Wildman–Crippen MR) is 88.9 cm³/mol. The number of hydrogen-bond donors (Lipinski definition) is 2. The molecule has 2 aromatic carbocycles. The maximum atomic E-state index is 9.34. The van der Waals surface area contributed by atoms with Crippen LogP contribution in [0.3, 0.4) is 0 Å². The average Bonchev–Trinajstić information content (AvgIpc) is 2.47. The first-order valence-electron chi connectivity index (χ1n) is 7.61. The molecule has 2 aromatic rings. The first-order valence-corrected chi connectivity index (χ1v) is 7.61. The third kappa shape index (κ3) is 5.90. The highest BCUT2D eigenvalue weighted by atomic mass is 16.3. The molecule has 0 radical (unpaired) electrons. The van der Waals surface area contributed by atoms with Crippen molar-refractivity contribution in [2.75, 3.05) is 0 Å². The smallest absolute Gasteiger partial charge is 0.119 e. The van der Waals surface area contributed by atoms with Crippen molar-refractivity contribution in [1.82, 2.24) is 0 Å². The van der Waals surface area contributed by atoms with Gasteiger partial charge in [0.2, 0.25) is 0 Å². The van der Waals surface area contributed by atoms with Crippen LogP contribution in [0.1, 0.15) is 50.7 Å². The van der Waals surface area contributed by atoms with Gasteiger partial charge in [0, 0.05) is 0 Å². The number of aryl methyl sites for hydroxylation is 1. The van der Waals surface area contributed by atoms with E-state index in [4.69, 9.17) is 0 Å². The Kier molecular flexibility index (Phi) is 7.38. The Morgan fingerprint density at radius 1 is 0.857 bits per heavy atom. The van der Waals surface area contributed by atoms with Gasteiger partial charge in [0.1, 0.15) is 11.5 Å². The number of rotatable bonds is 4. The second kappa shape index (κ2) is 9.06. The van der Waals surface area contributed by atoms with Gasteiger partial charge in [-0.05, 0) is 42.0 Å². The summed E-state index contributed by atoms with van der Waals surface area (Å²) in [6.07, 6.45) is 3.31. The lowest BCUT2D eigenvalue weighted by atomic mass is 10.0. The maximum Gasteiger partial charge on any atom is 0.119 e. The number of phenolic OH excluding ortho intramolecular Hbond substituents is 2. The van der Waals surface area contributed by atoms with Gasteiger partial charge in [-0.1, -0.05) is 63.6 Å². The standard InChI is InChI=1S/C10H14O.C9H12O/c1-2-3-6-9-7-4-5-8-10(9)11;1-7(2)8-5-3-4-6-9(8)10/h4-5,7-8,11H,2-3,6H2,1H3;3-7,10H,1-2H3. The molecule has 2 N–H and O–H groups in total. The average molecular weight is 286 g/mol. The normalized spacial score (nSPS) is 10.1. The second-order valence-electron chi connectivity index (χ2n) is 5.45. The predicted octanol–water partition coefficient (Wildman–Crippen LogP) is 5.25. The van der Waals surface area contributed by atoms with Crippen LogP contribution in [0.15, 0.2) is 48.5 Å². The summed E-state index contributed by atoms with van der Waals surface area (Å²) in [5, 5.41) is 18.6. The van der Waals surface area contributed by atoms with Gasteiger partial charge in [0.15, 0.2) is 0 Å². The van der Waals surface area contributed by atoms with Crippen molar-refractivity contribution >= 4 is 0 Å². The van der Waals surface area contributed by atoms with Gasteiger partial charge in [-0.3, -0.25) is 0 Å². The van der Waals surface area contributed by atoms with E-state index in [1.807, 2.05) is 36.4 Å². The summed E-state index contributed by atoms with van der Waals surface area (Å²) in [6.45, 7) is 6.28. The highest BCUT2D eigenvalue weighted by molar-refractivity contribution is 5.34. The van der Waals surface area contributed by atoms with Gasteiger partial charge < -0.3 is 10.2 Å². The van der Waals surface area contributed by atoms with Crippen molar-refractivity contribution in [2.45, 2.75) is 46.0 Å². The molecule has 0 saturated heterocycles. The first kappa shape index (κ1) is 17.1. The number of aromatic hydroxyl groups is 2. The Morgan fingerprint density at radius 3 is 1.90 bits per heavy atom. The number of unbranched alkanes of at least 4 members (excludes halogenated alkanes) is 1. The zero-order valence-electron chi connectivity index (χ0n) is 13.2. The van der Waals surface area contributed by atoms with Crippen LogP contribution in [0.5, 0.6) is 11.5 Å². The largest absolute Gasteiger partial charge is 0.508 e. The van der Waals surface area contributed by atoms with Crippen molar-refractivity contribution < 1.29 is 10.2 Å². The molecule has 0 bridgehead atoms. The Balaban J connectivity index is 0.000000211. The molecule has 2 nitrogen and oxygen atoms in total. The molecule has 21 heavy (non-hydrogen) atoms. The Morgan fingerprint density at radius 2 is 1.43 bits per heavy atom. The fraction of sp³-hybridized carbons (Fsp3) is 0.368. The quantitative estimate of drug-likeness (QED) is 0.805. The number of phenols is 2. The van der Waals surface area contributed by atoms with E-state index in [0.717, 1.165) is 24.0 Å². The van der Waals surface area contributed by atoms with E-state index in [9.17, 15) is 10.2 Å². The van der Waals surface area contributed by atoms with Gasteiger partial charge in [0.25, 0.3) is 0 Å². The maximum absolute atomic E-state index is 9.34. The molecule has 0 amide bonds. The lowest BCUT2D eigenvalue weighted by Crippen LogP contribution is -1.85. The van der Waals surface area contributed by atoms with Crippen molar-refractivity contribution in [1.29, 1.82) is 0 Å². The molecular weight excluding hydrogens is 260 g/mol. The van der Waals surface area contributed by atoms with E-state index in [0.29, 0.717) is 17.4 Å². The summed E-state index contributed by atoms with van der Waals surface area (Å²) >= 11 is 0. The molecule has 0 aliphatic rings. The zero-order chi connectivity index (χ0) is 15.7. The van der Waals surface area contributed by atoms with Gasteiger partial charge in [-0.15, -0.1) is 0 Å². The van der Waals surface area contributed by atoms with Gasteiger partial charge in [-0.25, -0.2) is 0 Å². The lowest BCUT2D eigenvalue weighted by Gasteiger charge is -2.05. The van der Waals surface area contributed by atoms with Crippen LogP contribution >= 0.6 is 0 Å². The molecule has 0 aromatic heterocycles. The fourth-order valence-electron chi connectivity index (χ4n) is 2.07. The molecule has 0 aliphatic carbocycles. The van der Waals surface area contributed by atoms with Crippen molar-refractivity contribution in [3.63, 3.8) is 0 Å². The molecular formula is C19H26O2. The number of benzene rings is 2. The molecule has 0 unspecified atom stereocenters. The van der Waals surface area contributed by atoms with E-state index in [1.165, 1.54) is 6.42 Å². The fourth-order valence-corrected chi connectivity index (χ4v) is 2.07. The van der Waals surface area contributed by atoms with E-state index in [1.54, 1.807) is 12.1 Å². The molecule has 0 saturated carbocycles. The van der Waals surface area contributed by atoms with Crippen LogP contribution in [0.4, 0.5) is 0 Å². The lowest BCUT2D eigenvalue weighted by molar-refractivity contribution is 0.465. The van der Waals surface area contributed by atoms with Crippen LogP contribution in [0.2, 0.25) is 0 Å². The summed E-state index contributed by atoms with van der Waals surface area (Å²) in [5.74, 6) is 1.24. The molecule has 0 spiro atoms. The Bertz CT molecular complexity index is 533. The van der Waals surface area contributed by atoms with Crippen molar-refractivity contribution in [3.8, 4) is 11.5 Å². The number of hydrogen-bond acceptors (Lipinski definition) is 2. The van der Waals surface area contributed by atoms with E-state index >= 15 is 0 Å². The van der Waals surface area contributed by atoms with Crippen LogP contribution in [0, 0.1) is 0 Å². The topological polar surface area (TPSA) is 40.5 Å². The van der Waals surface area contributed by atoms with E-state index in [2.05, 4.69) is 20.8 Å². The van der Waals surface area contributed by atoms with Crippen LogP contribution in [-0.2, 0) is 6.42 Å². The molecule has 0 aliphatic heterocycles. The third-order valence-corrected chi connectivity index (χ3v) is 3.35. The third-order valence-electron chi connectivity index (χ3n) is 3.35. The molecule has 2 heteroatoms. The molecule has 114 valence electrons. The van der Waals surface area contributed by atoms with Crippen molar-refractivity contribution in [3.05, 3.63) is 59.7 Å². The highest BCUT2D eigenvalue weighted by Gasteiger charge is 2.02. The summed E-state index contributed by atoms with van der Waals surface area (Å²) in [4.78, 5) is 0. The Hall–Kier alpha value is -1.96. The minimum absolute atomic E-state index is 0.400. The molecule has 0 atom stereocenters. The van der Waals surface area contributed by atoms with Crippen molar-refractivity contribution in [2.24, 2.45) is 0 Å². The molecule has 2 rings (SSSR count). The summed E-state index contributed by atoms with van der Waals surface area (Å²) < 4.78 is 0.